The van der Waals surface area contributed by atoms with Crippen LogP contribution in [0, 0.1) is 5.92 Å². The largest absolute Gasteiger partial charge is 0.300 e. The van der Waals surface area contributed by atoms with Gasteiger partial charge in [-0.3, -0.25) is 4.79 Å². The van der Waals surface area contributed by atoms with Crippen molar-refractivity contribution in [3.8, 4) is 0 Å². The third-order valence-corrected chi connectivity index (χ3v) is 3.79. The second kappa shape index (κ2) is 4.15. The van der Waals surface area contributed by atoms with Gasteiger partial charge in [-0.15, -0.1) is 11.3 Å². The molecule has 0 aliphatic heterocycles. The Morgan fingerprint density at radius 2 is 2.13 bits per heavy atom. The zero-order valence-corrected chi connectivity index (χ0v) is 9.80. The number of carbonyl (C=O) groups is 1. The van der Waals surface area contributed by atoms with E-state index in [-0.39, 0.29) is 11.7 Å². The summed E-state index contributed by atoms with van der Waals surface area (Å²) in [6.07, 6.45) is 0.860. The molecule has 0 amide bonds. The van der Waals surface area contributed by atoms with E-state index in [1.165, 1.54) is 15.6 Å². The van der Waals surface area contributed by atoms with Crippen LogP contribution in [0.1, 0.15) is 19.4 Å². The van der Waals surface area contributed by atoms with Gasteiger partial charge in [-0.05, 0) is 35.7 Å². The first-order valence-electron chi connectivity index (χ1n) is 5.14. The Labute approximate surface area is 93.7 Å². The van der Waals surface area contributed by atoms with Gasteiger partial charge in [0.2, 0.25) is 0 Å². The minimum Gasteiger partial charge on any atom is -0.300 e. The van der Waals surface area contributed by atoms with Crippen molar-refractivity contribution in [2.75, 3.05) is 0 Å². The van der Waals surface area contributed by atoms with Gasteiger partial charge < -0.3 is 0 Å². The Kier molecular flexibility index (Phi) is 2.87. The highest BCUT2D eigenvalue weighted by Gasteiger charge is 2.11. The first-order chi connectivity index (χ1) is 7.18. The molecule has 15 heavy (non-hydrogen) atoms. The van der Waals surface area contributed by atoms with E-state index >= 15 is 0 Å². The Hall–Kier alpha value is -1.15. The van der Waals surface area contributed by atoms with Gasteiger partial charge in [-0.2, -0.15) is 0 Å². The number of fused-ring (bicyclic) bond motifs is 1. The molecular formula is C13H14OS. The number of hydrogen-bond acceptors (Lipinski definition) is 2. The average Bonchev–Trinajstić information content (AvgIpc) is 2.62. The molecular weight excluding hydrogens is 204 g/mol. The summed E-state index contributed by atoms with van der Waals surface area (Å²) in [6, 6.07) is 8.37. The van der Waals surface area contributed by atoms with Crippen LogP contribution in [0.5, 0.6) is 0 Å². The van der Waals surface area contributed by atoms with E-state index in [1.807, 2.05) is 6.92 Å². The van der Waals surface area contributed by atoms with Gasteiger partial charge in [-0.1, -0.05) is 25.1 Å². The Morgan fingerprint density at radius 1 is 1.40 bits per heavy atom. The number of rotatable bonds is 3. The molecule has 2 rings (SSSR count). The van der Waals surface area contributed by atoms with Gasteiger partial charge in [0.25, 0.3) is 0 Å². The summed E-state index contributed by atoms with van der Waals surface area (Å²) in [4.78, 5) is 11.2. The van der Waals surface area contributed by atoms with Crippen molar-refractivity contribution in [3.05, 3.63) is 35.2 Å². The second-order valence-electron chi connectivity index (χ2n) is 3.97. The number of Topliss-reactive ketones (excluding diaryl/α,β-unsaturated/α-hetero) is 1. The zero-order chi connectivity index (χ0) is 10.8. The monoisotopic (exact) mass is 218 g/mol. The number of thiophene rings is 1. The first kappa shape index (κ1) is 10.4. The van der Waals surface area contributed by atoms with E-state index in [0.29, 0.717) is 0 Å². The van der Waals surface area contributed by atoms with Gasteiger partial charge in [0.15, 0.2) is 0 Å². The Balaban J connectivity index is 2.32. The number of benzene rings is 1. The fourth-order valence-electron chi connectivity index (χ4n) is 1.66. The van der Waals surface area contributed by atoms with E-state index in [4.69, 9.17) is 0 Å². The second-order valence-corrected chi connectivity index (χ2v) is 4.88. The van der Waals surface area contributed by atoms with E-state index < -0.39 is 0 Å². The highest BCUT2D eigenvalue weighted by atomic mass is 32.1. The predicted octanol–water partition coefficient (Wildman–Crippen LogP) is 3.67. The van der Waals surface area contributed by atoms with E-state index in [0.717, 1.165) is 6.42 Å². The van der Waals surface area contributed by atoms with Gasteiger partial charge in [0.05, 0.1) is 0 Å². The van der Waals surface area contributed by atoms with Gasteiger partial charge >= 0.3 is 0 Å². The van der Waals surface area contributed by atoms with Crippen LogP contribution in [-0.2, 0) is 11.2 Å². The van der Waals surface area contributed by atoms with E-state index in [9.17, 15) is 4.79 Å². The maximum absolute atomic E-state index is 11.2. The lowest BCUT2D eigenvalue weighted by molar-refractivity contribution is -0.120. The fourth-order valence-corrected chi connectivity index (χ4v) is 2.64. The molecule has 0 aliphatic carbocycles. The Morgan fingerprint density at radius 3 is 2.87 bits per heavy atom. The van der Waals surface area contributed by atoms with Crippen LogP contribution < -0.4 is 0 Å². The molecule has 2 aromatic rings. The van der Waals surface area contributed by atoms with Crippen molar-refractivity contribution >= 4 is 27.2 Å². The zero-order valence-electron chi connectivity index (χ0n) is 8.99. The molecule has 0 bridgehead atoms. The van der Waals surface area contributed by atoms with E-state index in [2.05, 4.69) is 29.6 Å². The smallest absolute Gasteiger partial charge is 0.132 e. The summed E-state index contributed by atoms with van der Waals surface area (Å²) in [7, 11) is 0. The first-order valence-corrected chi connectivity index (χ1v) is 6.02. The molecule has 1 aromatic heterocycles. The number of carbonyl (C=O) groups excluding carboxylic acids is 1. The highest BCUT2D eigenvalue weighted by Crippen LogP contribution is 2.27. The molecule has 0 aliphatic rings. The van der Waals surface area contributed by atoms with Crippen molar-refractivity contribution < 1.29 is 4.79 Å². The predicted molar refractivity (Wildman–Crippen MR) is 65.4 cm³/mol. The lowest BCUT2D eigenvalue weighted by Gasteiger charge is -2.05. The molecule has 1 unspecified atom stereocenters. The van der Waals surface area contributed by atoms with Crippen molar-refractivity contribution in [2.45, 2.75) is 20.3 Å². The van der Waals surface area contributed by atoms with Crippen LogP contribution in [0.2, 0.25) is 0 Å². The molecule has 0 fully saturated rings. The van der Waals surface area contributed by atoms with Crippen molar-refractivity contribution in [3.63, 3.8) is 0 Å². The molecule has 1 heterocycles. The third kappa shape index (κ3) is 2.10. The minimum atomic E-state index is 0.128. The molecule has 1 nitrogen and oxygen atoms in total. The van der Waals surface area contributed by atoms with Gasteiger partial charge in [-0.25, -0.2) is 0 Å². The normalized spacial score (nSPS) is 12.9. The SMILES string of the molecule is CC(=O)C(C)Cc1csc2ccccc12. The molecule has 0 N–H and O–H groups in total. The summed E-state index contributed by atoms with van der Waals surface area (Å²) in [5, 5.41) is 3.47. The lowest BCUT2D eigenvalue weighted by Crippen LogP contribution is -2.08. The minimum absolute atomic E-state index is 0.128. The summed E-state index contributed by atoms with van der Waals surface area (Å²) in [6.45, 7) is 3.66. The lowest BCUT2D eigenvalue weighted by atomic mass is 9.98. The molecule has 1 atom stereocenters. The average molecular weight is 218 g/mol. The van der Waals surface area contributed by atoms with Crippen molar-refractivity contribution in [1.82, 2.24) is 0 Å². The summed E-state index contributed by atoms with van der Waals surface area (Å²) < 4.78 is 1.31. The maximum atomic E-state index is 11.2. The quantitative estimate of drug-likeness (QED) is 0.768. The third-order valence-electron chi connectivity index (χ3n) is 2.78. The highest BCUT2D eigenvalue weighted by molar-refractivity contribution is 7.17. The Bertz CT molecular complexity index is 484. The topological polar surface area (TPSA) is 17.1 Å². The summed E-state index contributed by atoms with van der Waals surface area (Å²) >= 11 is 1.76. The molecule has 0 saturated heterocycles. The maximum Gasteiger partial charge on any atom is 0.132 e. The van der Waals surface area contributed by atoms with Crippen LogP contribution >= 0.6 is 11.3 Å². The van der Waals surface area contributed by atoms with Crippen LogP contribution in [-0.4, -0.2) is 5.78 Å². The van der Waals surface area contributed by atoms with Gasteiger partial charge in [0.1, 0.15) is 5.78 Å². The molecule has 0 saturated carbocycles. The van der Waals surface area contributed by atoms with Crippen LogP contribution in [0.25, 0.3) is 10.1 Å². The molecule has 78 valence electrons. The number of hydrogen-bond donors (Lipinski definition) is 0. The molecule has 2 heteroatoms. The standard InChI is InChI=1S/C13H14OS/c1-9(10(2)14)7-11-8-15-13-6-4-3-5-12(11)13/h3-6,8-9H,7H2,1-2H3. The van der Waals surface area contributed by atoms with Crippen molar-refractivity contribution in [1.29, 1.82) is 0 Å². The van der Waals surface area contributed by atoms with Crippen LogP contribution in [0.4, 0.5) is 0 Å². The fraction of sp³-hybridized carbons (Fsp3) is 0.308. The van der Waals surface area contributed by atoms with Crippen LogP contribution in [0.3, 0.4) is 0 Å². The molecule has 0 spiro atoms. The molecule has 1 aromatic carbocycles. The van der Waals surface area contributed by atoms with E-state index in [1.54, 1.807) is 18.3 Å². The number of ketones is 1. The summed E-state index contributed by atoms with van der Waals surface area (Å²) in [5.41, 5.74) is 1.30. The molecule has 0 radical (unpaired) electrons. The van der Waals surface area contributed by atoms with Crippen molar-refractivity contribution in [2.24, 2.45) is 5.92 Å². The van der Waals surface area contributed by atoms with Crippen LogP contribution in [0.15, 0.2) is 29.6 Å². The summed E-state index contributed by atoms with van der Waals surface area (Å²) in [5.74, 6) is 0.397. The van der Waals surface area contributed by atoms with Gasteiger partial charge in [0, 0.05) is 10.6 Å².